The minimum absolute atomic E-state index is 0.0319. The number of thiophene rings is 1. The molecule has 0 unspecified atom stereocenters. The summed E-state index contributed by atoms with van der Waals surface area (Å²) in [6, 6.07) is 13.8. The number of benzene rings is 2. The van der Waals surface area contributed by atoms with Crippen molar-refractivity contribution in [3.63, 3.8) is 0 Å². The van der Waals surface area contributed by atoms with Crippen LogP contribution in [0.2, 0.25) is 0 Å². The maximum absolute atomic E-state index is 14.5. The Morgan fingerprint density at radius 3 is 2.57 bits per heavy atom. The summed E-state index contributed by atoms with van der Waals surface area (Å²) in [5, 5.41) is 2.90. The van der Waals surface area contributed by atoms with Crippen LogP contribution in [0.3, 0.4) is 0 Å². The first-order chi connectivity index (χ1) is 13.5. The van der Waals surface area contributed by atoms with Gasteiger partial charge in [-0.2, -0.15) is 0 Å². The van der Waals surface area contributed by atoms with E-state index in [0.29, 0.717) is 26.3 Å². The molecule has 1 heterocycles. The van der Waals surface area contributed by atoms with Gasteiger partial charge in [0.15, 0.2) is 0 Å². The molecule has 0 saturated carbocycles. The molecular weight excluding hydrogens is 381 g/mol. The van der Waals surface area contributed by atoms with E-state index in [4.69, 9.17) is 9.47 Å². The van der Waals surface area contributed by atoms with Gasteiger partial charge in [0, 0.05) is 15.6 Å². The van der Waals surface area contributed by atoms with E-state index >= 15 is 0 Å². The first-order valence-electron chi connectivity index (χ1n) is 8.81. The van der Waals surface area contributed by atoms with Crippen LogP contribution in [0.4, 0.5) is 4.39 Å². The fourth-order valence-corrected chi connectivity index (χ4v) is 3.84. The monoisotopic (exact) mass is 401 g/mol. The van der Waals surface area contributed by atoms with Gasteiger partial charge in [-0.3, -0.25) is 9.59 Å². The van der Waals surface area contributed by atoms with Crippen molar-refractivity contribution in [2.45, 2.75) is 26.6 Å². The molecule has 28 heavy (non-hydrogen) atoms. The maximum atomic E-state index is 14.5. The summed E-state index contributed by atoms with van der Waals surface area (Å²) in [4.78, 5) is 24.7. The van der Waals surface area contributed by atoms with E-state index in [9.17, 15) is 14.0 Å². The molecule has 0 aliphatic rings. The molecule has 1 N–H and O–H groups in total. The van der Waals surface area contributed by atoms with Gasteiger partial charge in [0.2, 0.25) is 0 Å². The van der Waals surface area contributed by atoms with Crippen molar-refractivity contribution in [2.24, 2.45) is 0 Å². The van der Waals surface area contributed by atoms with E-state index in [2.05, 4.69) is 5.32 Å². The maximum Gasteiger partial charge on any atom is 0.325 e. The molecular formula is C21H20FNO4S. The Hall–Kier alpha value is -2.93. The van der Waals surface area contributed by atoms with E-state index in [1.54, 1.807) is 38.1 Å². The molecule has 2 aromatic carbocycles. The molecule has 3 aromatic rings. The van der Waals surface area contributed by atoms with Crippen molar-refractivity contribution in [1.29, 1.82) is 0 Å². The highest BCUT2D eigenvalue weighted by Gasteiger charge is 2.22. The number of amides is 1. The first-order valence-corrected chi connectivity index (χ1v) is 9.62. The second kappa shape index (κ2) is 8.84. The van der Waals surface area contributed by atoms with Crippen molar-refractivity contribution in [3.05, 3.63) is 64.8 Å². The summed E-state index contributed by atoms with van der Waals surface area (Å²) in [6.45, 7) is 3.23. The highest BCUT2D eigenvalue weighted by Crippen LogP contribution is 2.34. The minimum Gasteiger partial charge on any atom is -0.489 e. The number of carbonyl (C=O) groups is 2. The topological polar surface area (TPSA) is 64.6 Å². The zero-order valence-electron chi connectivity index (χ0n) is 15.5. The van der Waals surface area contributed by atoms with Crippen molar-refractivity contribution < 1.29 is 23.5 Å². The fraction of sp³-hybridized carbons (Fsp3) is 0.238. The van der Waals surface area contributed by atoms with Gasteiger partial charge in [-0.1, -0.05) is 24.3 Å². The number of carbonyl (C=O) groups excluding carboxylic acids is 2. The Bertz CT molecular complexity index is 985. The van der Waals surface area contributed by atoms with Gasteiger partial charge in [0.05, 0.1) is 11.0 Å². The van der Waals surface area contributed by atoms with Crippen LogP contribution in [0, 0.1) is 5.82 Å². The van der Waals surface area contributed by atoms with Gasteiger partial charge in [0.25, 0.3) is 5.91 Å². The molecule has 0 fully saturated rings. The number of fused-ring (bicyclic) bond motifs is 1. The van der Waals surface area contributed by atoms with Gasteiger partial charge in [-0.05, 0) is 38.1 Å². The number of hydrogen-bond donors (Lipinski definition) is 1. The largest absolute Gasteiger partial charge is 0.489 e. The van der Waals surface area contributed by atoms with Crippen LogP contribution in [0.25, 0.3) is 10.1 Å². The van der Waals surface area contributed by atoms with E-state index in [1.807, 2.05) is 18.2 Å². The highest BCUT2D eigenvalue weighted by atomic mass is 32.1. The lowest BCUT2D eigenvalue weighted by atomic mass is 10.1. The number of ether oxygens (including phenoxy) is 2. The zero-order valence-corrected chi connectivity index (χ0v) is 16.3. The van der Waals surface area contributed by atoms with Crippen LogP contribution in [0.5, 0.6) is 5.75 Å². The third-order valence-corrected chi connectivity index (χ3v) is 5.05. The lowest BCUT2D eigenvalue weighted by Gasteiger charge is -2.10. The predicted molar refractivity (Wildman–Crippen MR) is 106 cm³/mol. The SMILES string of the molecule is CC(C)OC(=O)CNC(=O)c1sc2cccc(F)c2c1COc1ccccc1. The number of nitrogens with one attached hydrogen (secondary N) is 1. The molecule has 1 amide bonds. The number of rotatable bonds is 7. The van der Waals surface area contributed by atoms with Crippen LogP contribution < -0.4 is 10.1 Å². The standard InChI is InChI=1S/C21H20FNO4S/c1-13(2)27-18(24)11-23-21(25)20-15(12-26-14-7-4-3-5-8-14)19-16(22)9-6-10-17(19)28-20/h3-10,13H,11-12H2,1-2H3,(H,23,25). The van der Waals surface area contributed by atoms with Gasteiger partial charge < -0.3 is 14.8 Å². The van der Waals surface area contributed by atoms with Crippen LogP contribution in [-0.4, -0.2) is 24.5 Å². The highest BCUT2D eigenvalue weighted by molar-refractivity contribution is 7.21. The summed E-state index contributed by atoms with van der Waals surface area (Å²) >= 11 is 1.16. The smallest absolute Gasteiger partial charge is 0.325 e. The summed E-state index contributed by atoms with van der Waals surface area (Å²) in [5.74, 6) is -0.797. The Labute approximate surface area is 166 Å². The van der Waals surface area contributed by atoms with Crippen molar-refractivity contribution >= 4 is 33.3 Å². The summed E-state index contributed by atoms with van der Waals surface area (Å²) in [7, 11) is 0. The first kappa shape index (κ1) is 19.8. The molecule has 0 aliphatic carbocycles. The van der Waals surface area contributed by atoms with E-state index in [0.717, 1.165) is 11.3 Å². The summed E-state index contributed by atoms with van der Waals surface area (Å²) in [5.41, 5.74) is 0.455. The molecule has 3 rings (SSSR count). The molecule has 0 spiro atoms. The predicted octanol–water partition coefficient (Wildman–Crippen LogP) is 4.30. The van der Waals surface area contributed by atoms with Crippen molar-refractivity contribution in [2.75, 3.05) is 6.54 Å². The Balaban J connectivity index is 1.85. The Morgan fingerprint density at radius 2 is 1.86 bits per heavy atom. The molecule has 0 atom stereocenters. The molecule has 146 valence electrons. The quantitative estimate of drug-likeness (QED) is 0.600. The number of hydrogen-bond acceptors (Lipinski definition) is 5. The lowest BCUT2D eigenvalue weighted by Crippen LogP contribution is -2.31. The Morgan fingerprint density at radius 1 is 1.11 bits per heavy atom. The van der Waals surface area contributed by atoms with Gasteiger partial charge >= 0.3 is 5.97 Å². The number of halogens is 1. The number of esters is 1. The third kappa shape index (κ3) is 4.67. The van der Waals surface area contributed by atoms with E-state index in [1.165, 1.54) is 6.07 Å². The minimum atomic E-state index is -0.530. The number of para-hydroxylation sites is 1. The molecule has 0 radical (unpaired) electrons. The van der Waals surface area contributed by atoms with Gasteiger partial charge in [-0.15, -0.1) is 11.3 Å². The van der Waals surface area contributed by atoms with E-state index < -0.39 is 17.7 Å². The second-order valence-electron chi connectivity index (χ2n) is 6.35. The normalized spacial score (nSPS) is 10.9. The lowest BCUT2D eigenvalue weighted by molar-refractivity contribution is -0.146. The Kier molecular flexibility index (Phi) is 6.26. The van der Waals surface area contributed by atoms with Crippen LogP contribution in [0.1, 0.15) is 29.1 Å². The average molecular weight is 401 g/mol. The fourth-order valence-electron chi connectivity index (χ4n) is 2.70. The summed E-state index contributed by atoms with van der Waals surface area (Å²) < 4.78 is 25.9. The van der Waals surface area contributed by atoms with Crippen molar-refractivity contribution in [1.82, 2.24) is 5.32 Å². The zero-order chi connectivity index (χ0) is 20.1. The van der Waals surface area contributed by atoms with Gasteiger partial charge in [0.1, 0.15) is 24.7 Å². The molecule has 1 aromatic heterocycles. The molecule has 0 saturated heterocycles. The van der Waals surface area contributed by atoms with Crippen LogP contribution >= 0.6 is 11.3 Å². The second-order valence-corrected chi connectivity index (χ2v) is 7.40. The van der Waals surface area contributed by atoms with Crippen LogP contribution in [0.15, 0.2) is 48.5 Å². The van der Waals surface area contributed by atoms with Gasteiger partial charge in [-0.25, -0.2) is 4.39 Å². The molecule has 0 aliphatic heterocycles. The molecule has 7 heteroatoms. The summed E-state index contributed by atoms with van der Waals surface area (Å²) in [6.07, 6.45) is -0.266. The molecule has 5 nitrogen and oxygen atoms in total. The van der Waals surface area contributed by atoms with Crippen molar-refractivity contribution in [3.8, 4) is 5.75 Å². The third-order valence-electron chi connectivity index (χ3n) is 3.86. The van der Waals surface area contributed by atoms with E-state index in [-0.39, 0.29) is 19.3 Å². The van der Waals surface area contributed by atoms with Crippen LogP contribution in [-0.2, 0) is 16.1 Å². The average Bonchev–Trinajstić information content (AvgIpc) is 3.05. The molecule has 0 bridgehead atoms.